The van der Waals surface area contributed by atoms with Gasteiger partial charge in [0.05, 0.1) is 5.69 Å². The fourth-order valence-electron chi connectivity index (χ4n) is 6.66. The number of aryl methyl sites for hydroxylation is 1. The second-order valence-electron chi connectivity index (χ2n) is 13.6. The van der Waals surface area contributed by atoms with E-state index in [0.29, 0.717) is 35.5 Å². The van der Waals surface area contributed by atoms with E-state index in [-0.39, 0.29) is 32.9 Å². The molecule has 2 aliphatic carbocycles. The van der Waals surface area contributed by atoms with Crippen molar-refractivity contribution in [2.45, 2.75) is 81.1 Å². The minimum absolute atomic E-state index is 0.115. The van der Waals surface area contributed by atoms with Gasteiger partial charge in [0.25, 0.3) is 0 Å². The number of phenolic OH excluding ortho intramolecular Hbond substituents is 1. The Morgan fingerprint density at radius 3 is 1.18 bits per heavy atom. The Bertz CT molecular complexity index is 1840. The molecule has 0 radical (unpaired) electrons. The normalized spacial score (nSPS) is 15.0. The van der Waals surface area contributed by atoms with E-state index in [1.807, 2.05) is 6.92 Å². The fraction of sp³-hybridized carbons (Fsp3) is 0.538. The highest BCUT2D eigenvalue weighted by atomic mass is 32.3. The number of phenols is 1. The summed E-state index contributed by atoms with van der Waals surface area (Å²) in [5.74, 6) is 4.04. The number of anilines is 1. The second kappa shape index (κ2) is 23.3. The number of rotatable bonds is 17. The zero-order chi connectivity index (χ0) is 45.4. The van der Waals surface area contributed by atoms with Crippen molar-refractivity contribution in [1.82, 2.24) is 0 Å². The molecule has 0 heterocycles. The molecule has 0 atom stereocenters. The summed E-state index contributed by atoms with van der Waals surface area (Å²) in [6.07, 6.45) is 9.55. The van der Waals surface area contributed by atoms with E-state index in [0.717, 1.165) is 53.7 Å². The molecule has 3 aromatic rings. The van der Waals surface area contributed by atoms with Crippen LogP contribution >= 0.6 is 0 Å². The van der Waals surface area contributed by atoms with Crippen LogP contribution in [0, 0.1) is 6.92 Å². The number of hydrogen-bond acceptors (Lipinski definition) is 13. The van der Waals surface area contributed by atoms with Gasteiger partial charge in [-0.15, -0.1) is 3.71 Å². The van der Waals surface area contributed by atoms with Crippen LogP contribution in [0.2, 0.25) is 0 Å². The molecule has 2 saturated carbocycles. The third-order valence-corrected chi connectivity index (χ3v) is 12.8. The molecule has 1 N–H and O–H groups in total. The first-order valence-corrected chi connectivity index (χ1v) is 21.6. The highest BCUT2D eigenvalue weighted by Crippen LogP contribution is 2.47. The molecule has 61 heavy (non-hydrogen) atoms. The summed E-state index contributed by atoms with van der Waals surface area (Å²) in [6.45, 7) is 2.84. The molecule has 3 aromatic carbocycles. The topological polar surface area (TPSA) is 166 Å². The van der Waals surface area contributed by atoms with Crippen molar-refractivity contribution in [1.29, 1.82) is 0 Å². The van der Waals surface area contributed by atoms with Crippen molar-refractivity contribution in [2.75, 3.05) is 59.3 Å². The molecule has 5 rings (SSSR count). The van der Waals surface area contributed by atoms with Crippen LogP contribution in [0.15, 0.2) is 54.6 Å². The molecule has 0 spiro atoms. The van der Waals surface area contributed by atoms with E-state index in [2.05, 4.69) is 12.1 Å². The smallest absolute Gasteiger partial charge is 0.508 e. The number of methoxy groups -OCH3 is 4. The van der Waals surface area contributed by atoms with E-state index in [1.54, 1.807) is 40.6 Å². The predicted octanol–water partition coefficient (Wildman–Crippen LogP) is 8.83. The molecule has 0 aliphatic heterocycles. The first-order chi connectivity index (χ1) is 28.7. The van der Waals surface area contributed by atoms with E-state index in [4.69, 9.17) is 37.9 Å². The molecular formula is C39H51F6NO13S2. The van der Waals surface area contributed by atoms with Gasteiger partial charge in [-0.3, -0.25) is 0 Å². The number of aromatic hydroxyl groups is 1. The summed E-state index contributed by atoms with van der Waals surface area (Å²) in [6, 6.07) is 11.2. The van der Waals surface area contributed by atoms with Crippen LogP contribution in [-0.4, -0.2) is 88.6 Å². The third kappa shape index (κ3) is 13.9. The number of ether oxygens (including phenoxy) is 8. The highest BCUT2D eigenvalue weighted by Gasteiger charge is 2.61. The lowest BCUT2D eigenvalue weighted by Gasteiger charge is -2.25. The van der Waals surface area contributed by atoms with Crippen molar-refractivity contribution in [2.24, 2.45) is 0 Å². The number of para-hydroxylation sites is 1. The van der Waals surface area contributed by atoms with Crippen LogP contribution in [0.1, 0.15) is 79.9 Å². The zero-order valence-corrected chi connectivity index (χ0v) is 35.8. The van der Waals surface area contributed by atoms with Gasteiger partial charge in [0.1, 0.15) is 28.7 Å². The number of benzene rings is 3. The lowest BCUT2D eigenvalue weighted by molar-refractivity contribution is -0.0462. The van der Waals surface area contributed by atoms with Gasteiger partial charge in [0.15, 0.2) is 27.2 Å². The van der Waals surface area contributed by atoms with Gasteiger partial charge < -0.3 is 43.0 Å². The maximum Gasteiger partial charge on any atom is 0.517 e. The minimum atomic E-state index is -6.81. The van der Waals surface area contributed by atoms with E-state index in [9.17, 15) is 48.3 Å². The summed E-state index contributed by atoms with van der Waals surface area (Å²) in [4.78, 5) is 0. The summed E-state index contributed by atoms with van der Waals surface area (Å²) < 4.78 is 160. The Labute approximate surface area is 351 Å². The largest absolute Gasteiger partial charge is 0.517 e. The van der Waals surface area contributed by atoms with Crippen LogP contribution in [0.5, 0.6) is 28.7 Å². The monoisotopic (exact) mass is 919 g/mol. The minimum Gasteiger partial charge on any atom is -0.508 e. The van der Waals surface area contributed by atoms with Gasteiger partial charge in [-0.1, -0.05) is 43.9 Å². The van der Waals surface area contributed by atoms with Crippen molar-refractivity contribution in [3.8, 4) is 28.7 Å². The van der Waals surface area contributed by atoms with Crippen molar-refractivity contribution < 1.29 is 86.2 Å². The van der Waals surface area contributed by atoms with Gasteiger partial charge in [-0.2, -0.15) is 43.2 Å². The van der Waals surface area contributed by atoms with Crippen molar-refractivity contribution in [3.05, 3.63) is 71.3 Å². The zero-order valence-electron chi connectivity index (χ0n) is 34.2. The van der Waals surface area contributed by atoms with Gasteiger partial charge >= 0.3 is 31.1 Å². The maximum absolute atomic E-state index is 12.4. The van der Waals surface area contributed by atoms with Crippen LogP contribution in [0.25, 0.3) is 0 Å². The summed E-state index contributed by atoms with van der Waals surface area (Å²) in [5.41, 5.74) is -10.5. The fourth-order valence-corrected chi connectivity index (χ4v) is 9.38. The molecular weight excluding hydrogens is 869 g/mol. The molecule has 344 valence electrons. The predicted molar refractivity (Wildman–Crippen MR) is 211 cm³/mol. The second-order valence-corrected chi connectivity index (χ2v) is 17.4. The molecule has 0 saturated heterocycles. The lowest BCUT2D eigenvalue weighted by atomic mass is 9.94. The third-order valence-electron chi connectivity index (χ3n) is 9.18. The Morgan fingerprint density at radius 2 is 0.885 bits per heavy atom. The molecule has 2 aliphatic rings. The van der Waals surface area contributed by atoms with Gasteiger partial charge in [0, 0.05) is 51.7 Å². The number of hydrogen-bond donors (Lipinski definition) is 1. The number of nitrogens with zero attached hydrogens (tertiary/aromatic N) is 1. The van der Waals surface area contributed by atoms with Gasteiger partial charge in [-0.25, -0.2) is 0 Å². The quantitative estimate of drug-likeness (QED) is 0.101. The number of halogens is 6. The molecule has 0 unspecified atom stereocenters. The molecule has 2 fully saturated rings. The van der Waals surface area contributed by atoms with Crippen molar-refractivity contribution in [3.63, 3.8) is 0 Å². The Balaban J connectivity index is 0.000000244. The average molecular weight is 920 g/mol. The van der Waals surface area contributed by atoms with Gasteiger partial charge in [-0.05, 0) is 74.3 Å². The molecule has 14 nitrogen and oxygen atoms in total. The molecule has 0 bridgehead atoms. The molecule has 22 heteroatoms. The lowest BCUT2D eigenvalue weighted by Crippen LogP contribution is -2.49. The summed E-state index contributed by atoms with van der Waals surface area (Å²) in [5, 5.41) is 9.82. The van der Waals surface area contributed by atoms with E-state index >= 15 is 0 Å². The SMILES string of the molecule is COCOc1cc(C)cc(OCOC)c1C1CCCC1.COCOc1cc(O)cc(OCOC)c1C1CCCC1.O=S(=O)(N(c1ccccc1)S(=O)(=O)C(F)(F)F)C(F)(F)F. The van der Waals surface area contributed by atoms with Crippen LogP contribution in [0.4, 0.5) is 32.0 Å². The molecule has 0 aromatic heterocycles. The van der Waals surface area contributed by atoms with Crippen LogP contribution < -0.4 is 22.7 Å². The summed E-state index contributed by atoms with van der Waals surface area (Å²) >= 11 is 0. The first-order valence-electron chi connectivity index (χ1n) is 18.7. The number of sulfonamides is 2. The Morgan fingerprint density at radius 1 is 0.574 bits per heavy atom. The Kier molecular flexibility index (Phi) is 19.5. The Hall–Kier alpha value is -4.22. The first kappa shape index (κ1) is 51.1. The highest BCUT2D eigenvalue weighted by molar-refractivity contribution is 8.11. The molecule has 0 amide bonds. The van der Waals surface area contributed by atoms with Crippen LogP contribution in [-0.2, 0) is 39.0 Å². The van der Waals surface area contributed by atoms with Gasteiger partial charge in [0.2, 0.25) is 0 Å². The summed E-state index contributed by atoms with van der Waals surface area (Å²) in [7, 11) is -7.21. The average Bonchev–Trinajstić information content (AvgIpc) is 3.93. The van der Waals surface area contributed by atoms with E-state index in [1.165, 1.54) is 44.1 Å². The standard InChI is InChI=1S/C16H24O4.C15H22O5.C8H5F6NO4S2/c1-12-8-14(19-10-17-2)16(13-6-4-5-7-13)15(9-12)20-11-18-3;1-17-9-19-13-7-12(16)8-14(20-10-18-2)15(13)11-5-3-4-6-11;9-7(10,11)20(16,17)15(6-4-2-1-3-5-6)21(18,19)8(12,13)14/h8-9,13H,4-7,10-11H2,1-3H3;7-8,11,16H,3-6,9-10H2,1-2H3;1-5H. The van der Waals surface area contributed by atoms with E-state index < -0.39 is 40.5 Å². The van der Waals surface area contributed by atoms with Crippen molar-refractivity contribution >= 4 is 25.7 Å². The number of alkyl halides is 6. The maximum atomic E-state index is 12.4. The van der Waals surface area contributed by atoms with Crippen LogP contribution in [0.3, 0.4) is 0 Å².